The zero-order valence-electron chi connectivity index (χ0n) is 8.66. The third kappa shape index (κ3) is 1.13. The second-order valence-corrected chi connectivity index (χ2v) is 4.31. The Labute approximate surface area is 90.8 Å². The van der Waals surface area contributed by atoms with Gasteiger partial charge in [0, 0.05) is 0 Å². The molecule has 3 N–H and O–H groups in total. The number of hydrogen-bond donors (Lipinski definition) is 3. The number of aliphatic hydroxyl groups excluding tert-OH is 1. The van der Waals surface area contributed by atoms with E-state index < -0.39 is 0 Å². The number of nitrogens with one attached hydrogen (secondary N) is 2. The van der Waals surface area contributed by atoms with Crippen molar-refractivity contribution in [3.63, 3.8) is 0 Å². The smallest absolute Gasteiger partial charge is 0.276 e. The maximum atomic E-state index is 11.5. The average Bonchev–Trinajstić information content (AvgIpc) is 2.62. The van der Waals surface area contributed by atoms with E-state index in [2.05, 4.69) is 19.9 Å². The van der Waals surface area contributed by atoms with Gasteiger partial charge in [0.15, 0.2) is 11.2 Å². The van der Waals surface area contributed by atoms with Crippen LogP contribution < -0.4 is 5.56 Å². The first-order valence-electron chi connectivity index (χ1n) is 5.30. The van der Waals surface area contributed by atoms with E-state index in [-0.39, 0.29) is 17.6 Å². The SMILES string of the molecule is O=c1[nH]cnc2nc(C3(CO)CCC3)[nH]c12. The summed E-state index contributed by atoms with van der Waals surface area (Å²) in [5.41, 5.74) is 0.291. The summed E-state index contributed by atoms with van der Waals surface area (Å²) in [7, 11) is 0. The van der Waals surface area contributed by atoms with Crippen LogP contribution in [0.25, 0.3) is 11.2 Å². The van der Waals surface area contributed by atoms with Crippen molar-refractivity contribution in [2.45, 2.75) is 24.7 Å². The molecular weight excluding hydrogens is 208 g/mol. The van der Waals surface area contributed by atoms with Crippen LogP contribution in [0.2, 0.25) is 0 Å². The molecule has 0 radical (unpaired) electrons. The van der Waals surface area contributed by atoms with E-state index in [1.165, 1.54) is 6.33 Å². The van der Waals surface area contributed by atoms with Gasteiger partial charge in [0.2, 0.25) is 0 Å². The Hall–Kier alpha value is -1.69. The molecule has 16 heavy (non-hydrogen) atoms. The second kappa shape index (κ2) is 3.15. The number of imidazole rings is 1. The summed E-state index contributed by atoms with van der Waals surface area (Å²) in [4.78, 5) is 25.2. The molecule has 0 bridgehead atoms. The third-order valence-electron chi connectivity index (χ3n) is 3.41. The van der Waals surface area contributed by atoms with E-state index in [4.69, 9.17) is 0 Å². The van der Waals surface area contributed by atoms with Crippen LogP contribution in [0.1, 0.15) is 25.1 Å². The first kappa shape index (κ1) is 9.53. The van der Waals surface area contributed by atoms with Crippen LogP contribution in [0, 0.1) is 0 Å². The van der Waals surface area contributed by atoms with Crippen LogP contribution in [0.15, 0.2) is 11.1 Å². The number of aliphatic hydroxyl groups is 1. The highest BCUT2D eigenvalue weighted by molar-refractivity contribution is 5.69. The Kier molecular flexibility index (Phi) is 1.88. The maximum absolute atomic E-state index is 11.5. The van der Waals surface area contributed by atoms with Gasteiger partial charge in [-0.2, -0.15) is 0 Å². The summed E-state index contributed by atoms with van der Waals surface area (Å²) in [6.07, 6.45) is 4.23. The molecule has 0 saturated heterocycles. The van der Waals surface area contributed by atoms with Gasteiger partial charge in [-0.1, -0.05) is 6.42 Å². The van der Waals surface area contributed by atoms with Crippen molar-refractivity contribution in [1.82, 2.24) is 19.9 Å². The summed E-state index contributed by atoms with van der Waals surface area (Å²) in [5.74, 6) is 0.681. The zero-order chi connectivity index (χ0) is 11.2. The van der Waals surface area contributed by atoms with E-state index in [1.54, 1.807) is 0 Å². The highest BCUT2D eigenvalue weighted by Crippen LogP contribution is 2.41. The molecule has 1 aliphatic carbocycles. The van der Waals surface area contributed by atoms with Gasteiger partial charge in [-0.05, 0) is 12.8 Å². The number of fused-ring (bicyclic) bond motifs is 1. The molecule has 0 aromatic carbocycles. The maximum Gasteiger partial charge on any atom is 0.276 e. The fraction of sp³-hybridized carbons (Fsp3) is 0.500. The van der Waals surface area contributed by atoms with Crippen molar-refractivity contribution in [3.05, 3.63) is 22.5 Å². The Balaban J connectivity index is 2.19. The zero-order valence-corrected chi connectivity index (χ0v) is 8.66. The van der Waals surface area contributed by atoms with Crippen molar-refractivity contribution in [1.29, 1.82) is 0 Å². The van der Waals surface area contributed by atoms with Gasteiger partial charge in [0.25, 0.3) is 5.56 Å². The summed E-state index contributed by atoms with van der Waals surface area (Å²) >= 11 is 0. The Morgan fingerprint density at radius 3 is 2.88 bits per heavy atom. The van der Waals surface area contributed by atoms with Crippen molar-refractivity contribution < 1.29 is 5.11 Å². The molecule has 2 aromatic heterocycles. The van der Waals surface area contributed by atoms with Crippen molar-refractivity contribution in [3.8, 4) is 0 Å². The molecule has 1 saturated carbocycles. The largest absolute Gasteiger partial charge is 0.395 e. The number of H-pyrrole nitrogens is 2. The summed E-state index contributed by atoms with van der Waals surface area (Å²) in [6, 6.07) is 0. The van der Waals surface area contributed by atoms with Gasteiger partial charge < -0.3 is 15.1 Å². The van der Waals surface area contributed by atoms with Crippen LogP contribution in [0.5, 0.6) is 0 Å². The molecule has 6 heteroatoms. The average molecular weight is 220 g/mol. The molecule has 1 aliphatic rings. The Bertz CT molecular complexity index is 576. The van der Waals surface area contributed by atoms with E-state index in [1.807, 2.05) is 0 Å². The monoisotopic (exact) mass is 220 g/mol. The molecular formula is C10H12N4O2. The number of aromatic nitrogens is 4. The lowest BCUT2D eigenvalue weighted by atomic mass is 9.69. The topological polar surface area (TPSA) is 94.7 Å². The van der Waals surface area contributed by atoms with E-state index >= 15 is 0 Å². The molecule has 84 valence electrons. The molecule has 0 spiro atoms. The molecule has 0 amide bonds. The van der Waals surface area contributed by atoms with Gasteiger partial charge in [0.05, 0.1) is 18.3 Å². The molecule has 0 atom stereocenters. The van der Waals surface area contributed by atoms with Gasteiger partial charge in [-0.25, -0.2) is 9.97 Å². The molecule has 2 heterocycles. The van der Waals surface area contributed by atoms with Gasteiger partial charge >= 0.3 is 0 Å². The van der Waals surface area contributed by atoms with Gasteiger partial charge in [0.1, 0.15) is 5.82 Å². The molecule has 0 unspecified atom stereocenters. The number of hydrogen-bond acceptors (Lipinski definition) is 4. The fourth-order valence-electron chi connectivity index (χ4n) is 2.16. The quantitative estimate of drug-likeness (QED) is 0.667. The number of nitrogens with zero attached hydrogens (tertiary/aromatic N) is 2. The third-order valence-corrected chi connectivity index (χ3v) is 3.41. The van der Waals surface area contributed by atoms with Crippen LogP contribution >= 0.6 is 0 Å². The van der Waals surface area contributed by atoms with E-state index in [0.717, 1.165) is 19.3 Å². The fourth-order valence-corrected chi connectivity index (χ4v) is 2.16. The molecule has 3 rings (SSSR count). The predicted octanol–water partition coefficient (Wildman–Crippen LogP) is 0.0602. The minimum absolute atomic E-state index is 0.0602. The standard InChI is InChI=1S/C10H12N4O2/c15-4-10(2-1-3-10)9-13-6-7(14-9)11-5-12-8(6)16/h5,15H,1-4H2,(H2,11,12,13,14,16). The first-order chi connectivity index (χ1) is 7.75. The lowest BCUT2D eigenvalue weighted by molar-refractivity contribution is 0.113. The number of rotatable bonds is 2. The highest BCUT2D eigenvalue weighted by atomic mass is 16.3. The molecule has 6 nitrogen and oxygen atoms in total. The molecule has 0 aliphatic heterocycles. The van der Waals surface area contributed by atoms with Crippen LogP contribution in [-0.2, 0) is 5.41 Å². The lowest BCUT2D eigenvalue weighted by Crippen LogP contribution is -2.39. The van der Waals surface area contributed by atoms with Crippen molar-refractivity contribution >= 4 is 11.2 Å². The Morgan fingerprint density at radius 1 is 1.50 bits per heavy atom. The van der Waals surface area contributed by atoms with Crippen molar-refractivity contribution in [2.75, 3.05) is 6.61 Å². The summed E-state index contributed by atoms with van der Waals surface area (Å²) in [6.45, 7) is 0.0602. The highest BCUT2D eigenvalue weighted by Gasteiger charge is 2.41. The summed E-state index contributed by atoms with van der Waals surface area (Å²) < 4.78 is 0. The Morgan fingerprint density at radius 2 is 2.31 bits per heavy atom. The predicted molar refractivity (Wildman–Crippen MR) is 57.1 cm³/mol. The van der Waals surface area contributed by atoms with Crippen molar-refractivity contribution in [2.24, 2.45) is 0 Å². The van der Waals surface area contributed by atoms with Gasteiger partial charge in [-0.15, -0.1) is 0 Å². The van der Waals surface area contributed by atoms with Crippen LogP contribution in [0.3, 0.4) is 0 Å². The van der Waals surface area contributed by atoms with Crippen LogP contribution in [0.4, 0.5) is 0 Å². The van der Waals surface area contributed by atoms with E-state index in [0.29, 0.717) is 17.0 Å². The lowest BCUT2D eigenvalue weighted by Gasteiger charge is -2.38. The molecule has 1 fully saturated rings. The van der Waals surface area contributed by atoms with Gasteiger partial charge in [-0.3, -0.25) is 4.79 Å². The minimum atomic E-state index is -0.285. The minimum Gasteiger partial charge on any atom is -0.395 e. The first-order valence-corrected chi connectivity index (χ1v) is 5.30. The van der Waals surface area contributed by atoms with E-state index in [9.17, 15) is 9.90 Å². The normalized spacial score (nSPS) is 18.6. The second-order valence-electron chi connectivity index (χ2n) is 4.31. The summed E-state index contributed by atoms with van der Waals surface area (Å²) in [5, 5.41) is 9.42. The van der Waals surface area contributed by atoms with Crippen LogP contribution in [-0.4, -0.2) is 31.6 Å². The molecule has 2 aromatic rings. The number of aromatic amines is 2.